The van der Waals surface area contributed by atoms with Gasteiger partial charge in [0.2, 0.25) is 5.91 Å². The van der Waals surface area contributed by atoms with E-state index < -0.39 is 5.60 Å². The minimum absolute atomic E-state index is 0.0479. The van der Waals surface area contributed by atoms with Crippen LogP contribution in [0.3, 0.4) is 0 Å². The molecule has 3 nitrogen and oxygen atoms in total. The fraction of sp³-hybridized carbons (Fsp3) is 0.381. The lowest BCUT2D eigenvalue weighted by molar-refractivity contribution is -0.137. The van der Waals surface area contributed by atoms with E-state index in [-0.39, 0.29) is 17.6 Å². The molecule has 1 aliphatic heterocycles. The highest BCUT2D eigenvalue weighted by Crippen LogP contribution is 2.37. The number of rotatable bonds is 2. The summed E-state index contributed by atoms with van der Waals surface area (Å²) in [6, 6.07) is 14.2. The zero-order chi connectivity index (χ0) is 17.4. The van der Waals surface area contributed by atoms with Crippen LogP contribution in [0.2, 0.25) is 0 Å². The zero-order valence-electron chi connectivity index (χ0n) is 14.1. The van der Waals surface area contributed by atoms with E-state index in [1.54, 1.807) is 12.1 Å². The maximum absolute atomic E-state index is 13.1. The summed E-state index contributed by atoms with van der Waals surface area (Å²) in [5.41, 5.74) is 2.19. The fourth-order valence-corrected chi connectivity index (χ4v) is 4.18. The van der Waals surface area contributed by atoms with Crippen molar-refractivity contribution in [1.29, 1.82) is 0 Å². The molecule has 130 valence electrons. The van der Waals surface area contributed by atoms with Gasteiger partial charge < -0.3 is 10.0 Å². The van der Waals surface area contributed by atoms with Crippen molar-refractivity contribution < 1.29 is 14.3 Å². The molecular weight excluding hydrogens is 317 g/mol. The van der Waals surface area contributed by atoms with Crippen LogP contribution in [0, 0.1) is 5.82 Å². The maximum Gasteiger partial charge on any atom is 0.230 e. The molecule has 1 heterocycles. The van der Waals surface area contributed by atoms with Crippen molar-refractivity contribution in [2.75, 3.05) is 13.1 Å². The molecule has 0 aromatic heterocycles. The summed E-state index contributed by atoms with van der Waals surface area (Å²) in [5.74, 6) is -0.181. The quantitative estimate of drug-likeness (QED) is 0.911. The van der Waals surface area contributed by atoms with Crippen molar-refractivity contribution in [3.8, 4) is 0 Å². The van der Waals surface area contributed by atoms with Gasteiger partial charge in [-0.2, -0.15) is 0 Å². The summed E-state index contributed by atoms with van der Waals surface area (Å²) < 4.78 is 13.1. The summed E-state index contributed by atoms with van der Waals surface area (Å²) in [5, 5.41) is 10.9. The normalized spacial score (nSPS) is 21.8. The zero-order valence-corrected chi connectivity index (χ0v) is 14.1. The fourth-order valence-electron chi connectivity index (χ4n) is 4.18. The van der Waals surface area contributed by atoms with Crippen molar-refractivity contribution in [2.24, 2.45) is 0 Å². The number of amides is 1. The van der Waals surface area contributed by atoms with Gasteiger partial charge in [0, 0.05) is 13.1 Å². The third-order valence-electron chi connectivity index (χ3n) is 5.71. The van der Waals surface area contributed by atoms with E-state index in [1.807, 2.05) is 17.0 Å². The molecule has 1 saturated heterocycles. The Kier molecular flexibility index (Phi) is 4.08. The SMILES string of the molecule is O=C([C@H]1CCc2ccccc21)N1CCC(O)(c2ccc(F)cc2)CC1. The Morgan fingerprint density at radius 2 is 1.76 bits per heavy atom. The highest BCUT2D eigenvalue weighted by Gasteiger charge is 2.38. The van der Waals surface area contributed by atoms with Gasteiger partial charge in [-0.1, -0.05) is 36.4 Å². The first-order chi connectivity index (χ1) is 12.1. The summed E-state index contributed by atoms with van der Waals surface area (Å²) >= 11 is 0. The van der Waals surface area contributed by atoms with Crippen molar-refractivity contribution >= 4 is 5.91 Å². The number of carbonyl (C=O) groups is 1. The second-order valence-corrected chi connectivity index (χ2v) is 7.15. The molecule has 4 heteroatoms. The van der Waals surface area contributed by atoms with Crippen LogP contribution in [-0.2, 0) is 16.8 Å². The number of nitrogens with zero attached hydrogens (tertiary/aromatic N) is 1. The first kappa shape index (κ1) is 16.3. The highest BCUT2D eigenvalue weighted by molar-refractivity contribution is 5.85. The monoisotopic (exact) mass is 339 g/mol. The number of benzene rings is 2. The maximum atomic E-state index is 13.1. The standard InChI is InChI=1S/C21H22FNO2/c22-17-8-6-16(7-9-17)21(25)11-13-23(14-12-21)20(24)19-10-5-15-3-1-2-4-18(15)19/h1-4,6-9,19,25H,5,10-14H2/t19-/m0/s1. The van der Waals surface area contributed by atoms with Gasteiger partial charge in [0.05, 0.1) is 11.5 Å². The van der Waals surface area contributed by atoms with Gasteiger partial charge >= 0.3 is 0 Å². The van der Waals surface area contributed by atoms with Gasteiger partial charge in [0.1, 0.15) is 5.82 Å². The van der Waals surface area contributed by atoms with E-state index in [9.17, 15) is 14.3 Å². The van der Waals surface area contributed by atoms with E-state index >= 15 is 0 Å². The van der Waals surface area contributed by atoms with E-state index in [1.165, 1.54) is 17.7 Å². The molecule has 1 atom stereocenters. The molecule has 1 fully saturated rings. The minimum Gasteiger partial charge on any atom is -0.385 e. The molecule has 4 rings (SSSR count). The third kappa shape index (κ3) is 2.95. The van der Waals surface area contributed by atoms with E-state index in [0.29, 0.717) is 25.9 Å². The lowest BCUT2D eigenvalue weighted by Crippen LogP contribution is -2.46. The number of halogens is 1. The molecule has 2 aromatic carbocycles. The van der Waals surface area contributed by atoms with Gasteiger partial charge in [-0.15, -0.1) is 0 Å². The number of aliphatic hydroxyl groups is 1. The number of aryl methyl sites for hydroxylation is 1. The van der Waals surface area contributed by atoms with Crippen LogP contribution in [0.25, 0.3) is 0 Å². The molecule has 0 spiro atoms. The number of piperidine rings is 1. The van der Waals surface area contributed by atoms with Gasteiger partial charge in [-0.05, 0) is 54.5 Å². The molecular formula is C21H22FNO2. The van der Waals surface area contributed by atoms with Crippen LogP contribution in [0.5, 0.6) is 0 Å². The Bertz CT molecular complexity index is 779. The van der Waals surface area contributed by atoms with Crippen LogP contribution in [0.4, 0.5) is 4.39 Å². The largest absolute Gasteiger partial charge is 0.385 e. The Morgan fingerprint density at radius 1 is 1.08 bits per heavy atom. The Morgan fingerprint density at radius 3 is 2.48 bits per heavy atom. The first-order valence-corrected chi connectivity index (χ1v) is 8.92. The predicted molar refractivity (Wildman–Crippen MR) is 93.6 cm³/mol. The number of carbonyl (C=O) groups excluding carboxylic acids is 1. The van der Waals surface area contributed by atoms with Crippen molar-refractivity contribution in [3.63, 3.8) is 0 Å². The second-order valence-electron chi connectivity index (χ2n) is 7.15. The molecule has 0 saturated carbocycles. The van der Waals surface area contributed by atoms with Crippen LogP contribution < -0.4 is 0 Å². The van der Waals surface area contributed by atoms with E-state index in [4.69, 9.17) is 0 Å². The minimum atomic E-state index is -0.974. The van der Waals surface area contributed by atoms with E-state index in [2.05, 4.69) is 12.1 Å². The van der Waals surface area contributed by atoms with Gasteiger partial charge in [0.15, 0.2) is 0 Å². The van der Waals surface area contributed by atoms with E-state index in [0.717, 1.165) is 24.0 Å². The molecule has 0 bridgehead atoms. The number of hydrogen-bond acceptors (Lipinski definition) is 2. The number of hydrogen-bond donors (Lipinski definition) is 1. The predicted octanol–water partition coefficient (Wildman–Crippen LogP) is 3.37. The highest BCUT2D eigenvalue weighted by atomic mass is 19.1. The van der Waals surface area contributed by atoms with Gasteiger partial charge in [0.25, 0.3) is 0 Å². The lowest BCUT2D eigenvalue weighted by Gasteiger charge is -2.39. The summed E-state index contributed by atoms with van der Waals surface area (Å²) in [4.78, 5) is 14.8. The molecule has 0 radical (unpaired) electrons. The average molecular weight is 339 g/mol. The Labute approximate surface area is 147 Å². The molecule has 2 aliphatic rings. The molecule has 2 aromatic rings. The number of likely N-dealkylation sites (tertiary alicyclic amines) is 1. The number of fused-ring (bicyclic) bond motifs is 1. The topological polar surface area (TPSA) is 40.5 Å². The van der Waals surface area contributed by atoms with Crippen LogP contribution >= 0.6 is 0 Å². The lowest BCUT2D eigenvalue weighted by atomic mass is 9.84. The van der Waals surface area contributed by atoms with Crippen LogP contribution in [-0.4, -0.2) is 29.0 Å². The van der Waals surface area contributed by atoms with Crippen molar-refractivity contribution in [1.82, 2.24) is 4.90 Å². The molecule has 0 unspecified atom stereocenters. The summed E-state index contributed by atoms with van der Waals surface area (Å²) in [7, 11) is 0. The third-order valence-corrected chi connectivity index (χ3v) is 5.71. The molecule has 1 amide bonds. The van der Waals surface area contributed by atoms with Gasteiger partial charge in [-0.25, -0.2) is 4.39 Å². The van der Waals surface area contributed by atoms with Crippen molar-refractivity contribution in [2.45, 2.75) is 37.2 Å². The van der Waals surface area contributed by atoms with Crippen LogP contribution in [0.1, 0.15) is 41.9 Å². The summed E-state index contributed by atoms with van der Waals surface area (Å²) in [6.45, 7) is 1.07. The average Bonchev–Trinajstić information content (AvgIpc) is 3.06. The summed E-state index contributed by atoms with van der Waals surface area (Å²) in [6.07, 6.45) is 2.80. The molecule has 1 N–H and O–H groups in total. The Balaban J connectivity index is 1.45. The first-order valence-electron chi connectivity index (χ1n) is 8.92. The van der Waals surface area contributed by atoms with Crippen molar-refractivity contribution in [3.05, 3.63) is 71.0 Å². The Hall–Kier alpha value is -2.20. The second kappa shape index (κ2) is 6.26. The molecule has 1 aliphatic carbocycles. The molecule has 25 heavy (non-hydrogen) atoms. The smallest absolute Gasteiger partial charge is 0.230 e. The van der Waals surface area contributed by atoms with Gasteiger partial charge in [-0.3, -0.25) is 4.79 Å². The van der Waals surface area contributed by atoms with Crippen LogP contribution in [0.15, 0.2) is 48.5 Å².